The molecule has 3 rings (SSSR count). The normalized spacial score (nSPS) is 15.7. The molecule has 0 saturated carbocycles. The molecule has 1 aliphatic rings. The van der Waals surface area contributed by atoms with Gasteiger partial charge >= 0.3 is 6.01 Å². The standard InChI is InChI=1S/C15H17Cl2N5O/c1-23-15-19-9-13(17)14(20-15)22-6-4-21(5-7-22)10-12-3-2-11(16)8-18-12/h2-3,8-9H,4-7,10H2,1H3. The Hall–Kier alpha value is -1.63. The molecule has 0 aromatic carbocycles. The monoisotopic (exact) mass is 353 g/mol. The van der Waals surface area contributed by atoms with Gasteiger partial charge in [0.2, 0.25) is 0 Å². The predicted molar refractivity (Wildman–Crippen MR) is 90.3 cm³/mol. The molecule has 0 amide bonds. The van der Waals surface area contributed by atoms with Crippen molar-refractivity contribution in [3.63, 3.8) is 0 Å². The summed E-state index contributed by atoms with van der Waals surface area (Å²) in [7, 11) is 1.55. The molecule has 23 heavy (non-hydrogen) atoms. The van der Waals surface area contributed by atoms with E-state index in [0.717, 1.165) is 44.2 Å². The first kappa shape index (κ1) is 16.2. The first-order valence-electron chi connectivity index (χ1n) is 7.30. The van der Waals surface area contributed by atoms with E-state index in [-0.39, 0.29) is 0 Å². The lowest BCUT2D eigenvalue weighted by Crippen LogP contribution is -2.46. The average Bonchev–Trinajstić information content (AvgIpc) is 2.58. The number of hydrogen-bond acceptors (Lipinski definition) is 6. The van der Waals surface area contributed by atoms with Crippen LogP contribution in [-0.2, 0) is 6.54 Å². The lowest BCUT2D eigenvalue weighted by molar-refractivity contribution is 0.246. The van der Waals surface area contributed by atoms with Crippen LogP contribution in [0.15, 0.2) is 24.5 Å². The van der Waals surface area contributed by atoms with E-state index in [1.165, 1.54) is 0 Å². The van der Waals surface area contributed by atoms with Gasteiger partial charge in [-0.2, -0.15) is 4.98 Å². The topological polar surface area (TPSA) is 54.4 Å². The molecular weight excluding hydrogens is 337 g/mol. The van der Waals surface area contributed by atoms with Gasteiger partial charge in [0.05, 0.1) is 24.0 Å². The number of pyridine rings is 1. The third kappa shape index (κ3) is 4.02. The van der Waals surface area contributed by atoms with Gasteiger partial charge in [-0.05, 0) is 12.1 Å². The molecule has 6 nitrogen and oxygen atoms in total. The van der Waals surface area contributed by atoms with E-state index in [1.54, 1.807) is 19.5 Å². The molecule has 8 heteroatoms. The van der Waals surface area contributed by atoms with Crippen LogP contribution in [0.2, 0.25) is 10.0 Å². The van der Waals surface area contributed by atoms with E-state index < -0.39 is 0 Å². The second-order valence-electron chi connectivity index (χ2n) is 5.26. The zero-order valence-electron chi connectivity index (χ0n) is 12.7. The van der Waals surface area contributed by atoms with E-state index >= 15 is 0 Å². The van der Waals surface area contributed by atoms with Crippen LogP contribution in [0.25, 0.3) is 0 Å². The second-order valence-corrected chi connectivity index (χ2v) is 6.10. The van der Waals surface area contributed by atoms with Crippen LogP contribution in [0.3, 0.4) is 0 Å². The molecule has 1 aliphatic heterocycles. The molecule has 2 aromatic heterocycles. The molecule has 0 unspecified atom stereocenters. The van der Waals surface area contributed by atoms with Gasteiger partial charge in [0, 0.05) is 38.9 Å². The van der Waals surface area contributed by atoms with Crippen LogP contribution < -0.4 is 9.64 Å². The third-order valence-corrected chi connectivity index (χ3v) is 4.22. The minimum absolute atomic E-state index is 0.331. The zero-order chi connectivity index (χ0) is 16.2. The summed E-state index contributed by atoms with van der Waals surface area (Å²) in [4.78, 5) is 17.2. The zero-order valence-corrected chi connectivity index (χ0v) is 14.3. The molecular formula is C15H17Cl2N5O. The Morgan fingerprint density at radius 1 is 1.09 bits per heavy atom. The summed E-state index contributed by atoms with van der Waals surface area (Å²) in [6, 6.07) is 4.16. The van der Waals surface area contributed by atoms with Crippen LogP contribution in [0.5, 0.6) is 6.01 Å². The summed E-state index contributed by atoms with van der Waals surface area (Å²) >= 11 is 12.1. The summed E-state index contributed by atoms with van der Waals surface area (Å²) in [6.45, 7) is 4.31. The van der Waals surface area contributed by atoms with Crippen molar-refractivity contribution in [2.75, 3.05) is 38.2 Å². The van der Waals surface area contributed by atoms with Crippen LogP contribution in [0, 0.1) is 0 Å². The van der Waals surface area contributed by atoms with Crippen molar-refractivity contribution in [3.8, 4) is 6.01 Å². The second kappa shape index (κ2) is 7.29. The van der Waals surface area contributed by atoms with Crippen molar-refractivity contribution in [2.24, 2.45) is 0 Å². The molecule has 0 bridgehead atoms. The molecule has 0 radical (unpaired) electrons. The first-order valence-corrected chi connectivity index (χ1v) is 8.05. The van der Waals surface area contributed by atoms with Gasteiger partial charge in [-0.1, -0.05) is 23.2 Å². The Morgan fingerprint density at radius 3 is 2.52 bits per heavy atom. The van der Waals surface area contributed by atoms with Gasteiger partial charge in [-0.3, -0.25) is 9.88 Å². The molecule has 2 aromatic rings. The fourth-order valence-corrected chi connectivity index (χ4v) is 2.83. The Bertz CT molecular complexity index is 659. The van der Waals surface area contributed by atoms with Gasteiger partial charge in [0.25, 0.3) is 0 Å². The highest BCUT2D eigenvalue weighted by atomic mass is 35.5. The Morgan fingerprint density at radius 2 is 1.87 bits per heavy atom. The van der Waals surface area contributed by atoms with Gasteiger partial charge in [0.1, 0.15) is 5.02 Å². The summed E-state index contributed by atoms with van der Waals surface area (Å²) < 4.78 is 5.07. The number of methoxy groups -OCH3 is 1. The molecule has 122 valence electrons. The fourth-order valence-electron chi connectivity index (χ4n) is 2.51. The fraction of sp³-hybridized carbons (Fsp3) is 0.400. The number of halogens is 2. The maximum atomic E-state index is 6.21. The van der Waals surface area contributed by atoms with Gasteiger partial charge in [-0.15, -0.1) is 0 Å². The van der Waals surface area contributed by atoms with Crippen molar-refractivity contribution >= 4 is 29.0 Å². The largest absolute Gasteiger partial charge is 0.467 e. The van der Waals surface area contributed by atoms with Crippen LogP contribution in [-0.4, -0.2) is 53.1 Å². The highest BCUT2D eigenvalue weighted by Crippen LogP contribution is 2.25. The number of nitrogens with zero attached hydrogens (tertiary/aromatic N) is 5. The molecule has 1 saturated heterocycles. The number of rotatable bonds is 4. The SMILES string of the molecule is COc1ncc(Cl)c(N2CCN(Cc3ccc(Cl)cn3)CC2)n1. The minimum atomic E-state index is 0.331. The maximum absolute atomic E-state index is 6.21. The van der Waals surface area contributed by atoms with E-state index in [0.29, 0.717) is 16.1 Å². The lowest BCUT2D eigenvalue weighted by atomic mass is 10.2. The first-order chi connectivity index (χ1) is 11.2. The molecule has 0 aliphatic carbocycles. The highest BCUT2D eigenvalue weighted by Gasteiger charge is 2.21. The minimum Gasteiger partial charge on any atom is -0.467 e. The smallest absolute Gasteiger partial charge is 0.318 e. The van der Waals surface area contributed by atoms with E-state index in [1.807, 2.05) is 12.1 Å². The molecule has 0 N–H and O–H groups in total. The van der Waals surface area contributed by atoms with Gasteiger partial charge < -0.3 is 9.64 Å². The average molecular weight is 354 g/mol. The maximum Gasteiger partial charge on any atom is 0.318 e. The molecule has 0 spiro atoms. The Kier molecular flexibility index (Phi) is 5.15. The van der Waals surface area contributed by atoms with E-state index in [9.17, 15) is 0 Å². The Balaban J connectivity index is 1.61. The summed E-state index contributed by atoms with van der Waals surface area (Å²) in [5.41, 5.74) is 1.02. The quantitative estimate of drug-likeness (QED) is 0.841. The van der Waals surface area contributed by atoms with E-state index in [4.69, 9.17) is 27.9 Å². The van der Waals surface area contributed by atoms with Crippen molar-refractivity contribution in [1.29, 1.82) is 0 Å². The number of anilines is 1. The van der Waals surface area contributed by atoms with Crippen molar-refractivity contribution < 1.29 is 4.74 Å². The van der Waals surface area contributed by atoms with Crippen molar-refractivity contribution in [2.45, 2.75) is 6.54 Å². The number of ether oxygens (including phenoxy) is 1. The summed E-state index contributed by atoms with van der Waals surface area (Å²) in [5, 5.41) is 1.20. The van der Waals surface area contributed by atoms with Gasteiger partial charge in [-0.25, -0.2) is 4.98 Å². The number of piperazine rings is 1. The number of aromatic nitrogens is 3. The van der Waals surface area contributed by atoms with Gasteiger partial charge in [0.15, 0.2) is 5.82 Å². The predicted octanol–water partition coefficient (Wildman–Crippen LogP) is 2.51. The molecule has 0 atom stereocenters. The van der Waals surface area contributed by atoms with E-state index in [2.05, 4.69) is 24.8 Å². The highest BCUT2D eigenvalue weighted by molar-refractivity contribution is 6.32. The van der Waals surface area contributed by atoms with Crippen molar-refractivity contribution in [3.05, 3.63) is 40.3 Å². The van der Waals surface area contributed by atoms with Crippen LogP contribution in [0.1, 0.15) is 5.69 Å². The van der Waals surface area contributed by atoms with Crippen LogP contribution >= 0.6 is 23.2 Å². The van der Waals surface area contributed by atoms with Crippen molar-refractivity contribution in [1.82, 2.24) is 19.9 Å². The summed E-state index contributed by atoms with van der Waals surface area (Å²) in [6.07, 6.45) is 3.26. The summed E-state index contributed by atoms with van der Waals surface area (Å²) in [5.74, 6) is 0.725. The molecule has 1 fully saturated rings. The third-order valence-electron chi connectivity index (χ3n) is 3.73. The Labute approximate surface area is 145 Å². The molecule has 3 heterocycles. The van der Waals surface area contributed by atoms with Crippen LogP contribution in [0.4, 0.5) is 5.82 Å². The lowest BCUT2D eigenvalue weighted by Gasteiger charge is -2.35. The number of hydrogen-bond donors (Lipinski definition) is 0.